The second-order valence-electron chi connectivity index (χ2n) is 8.21. The highest BCUT2D eigenvalue weighted by molar-refractivity contribution is 7.10. The summed E-state index contributed by atoms with van der Waals surface area (Å²) >= 11 is 1.59. The van der Waals surface area contributed by atoms with E-state index >= 15 is 0 Å². The Hall–Kier alpha value is -2.36. The Bertz CT molecular complexity index is 907. The number of thiophene rings is 1. The lowest BCUT2D eigenvalue weighted by atomic mass is 9.63. The quantitative estimate of drug-likeness (QED) is 0.818. The average Bonchev–Trinajstić information content (AvgIpc) is 3.38. The van der Waals surface area contributed by atoms with Crippen molar-refractivity contribution in [2.24, 2.45) is 17.8 Å². The minimum absolute atomic E-state index is 0.0546. The molecule has 152 valence electrons. The number of amides is 1. The second kappa shape index (κ2) is 8.17. The molecule has 1 aromatic heterocycles. The van der Waals surface area contributed by atoms with E-state index in [0.717, 1.165) is 16.9 Å². The lowest BCUT2D eigenvalue weighted by Gasteiger charge is -2.45. The number of methoxy groups -OCH3 is 1. The van der Waals surface area contributed by atoms with Crippen molar-refractivity contribution in [3.63, 3.8) is 0 Å². The van der Waals surface area contributed by atoms with Crippen LogP contribution < -0.4 is 4.74 Å². The van der Waals surface area contributed by atoms with Gasteiger partial charge in [0.05, 0.1) is 25.2 Å². The van der Waals surface area contributed by atoms with Gasteiger partial charge in [0.15, 0.2) is 0 Å². The molecule has 1 saturated heterocycles. The summed E-state index contributed by atoms with van der Waals surface area (Å²) in [7, 11) is 1.61. The van der Waals surface area contributed by atoms with E-state index in [1.54, 1.807) is 18.4 Å². The number of para-hydroxylation sites is 1. The fourth-order valence-electron chi connectivity index (χ4n) is 5.23. The number of hydrogen-bond donors (Lipinski definition) is 1. The number of rotatable bonds is 5. The van der Waals surface area contributed by atoms with Gasteiger partial charge in [-0.25, -0.2) is 0 Å². The van der Waals surface area contributed by atoms with Crippen LogP contribution in [0.2, 0.25) is 0 Å². The minimum atomic E-state index is -1.10. The monoisotopic (exact) mass is 410 g/mol. The number of carbonyl (C=O) groups is 1. The fraction of sp³-hybridized carbons (Fsp3) is 0.478. The van der Waals surface area contributed by atoms with Crippen molar-refractivity contribution in [3.8, 4) is 11.8 Å². The van der Waals surface area contributed by atoms with Crippen LogP contribution in [0.25, 0.3) is 0 Å². The summed E-state index contributed by atoms with van der Waals surface area (Å²) in [6.07, 6.45) is 2.23. The Morgan fingerprint density at radius 1 is 1.34 bits per heavy atom. The van der Waals surface area contributed by atoms with Crippen molar-refractivity contribution in [2.45, 2.75) is 31.3 Å². The molecule has 1 N–H and O–H groups in total. The summed E-state index contributed by atoms with van der Waals surface area (Å²) in [4.78, 5) is 15.9. The highest BCUT2D eigenvalue weighted by Crippen LogP contribution is 2.52. The number of carbonyl (C=O) groups excluding carboxylic acids is 1. The van der Waals surface area contributed by atoms with Crippen molar-refractivity contribution < 1.29 is 14.6 Å². The van der Waals surface area contributed by atoms with Gasteiger partial charge in [-0.3, -0.25) is 4.79 Å². The normalized spacial score (nSPS) is 28.6. The van der Waals surface area contributed by atoms with Crippen molar-refractivity contribution in [1.82, 2.24) is 4.90 Å². The Kier molecular flexibility index (Phi) is 5.62. The first-order valence-corrected chi connectivity index (χ1v) is 11.0. The molecule has 2 aromatic rings. The number of ether oxygens (including phenoxy) is 1. The maximum Gasteiger partial charge on any atom is 0.227 e. The maximum atomic E-state index is 12.9. The third-order valence-corrected chi connectivity index (χ3v) is 7.38. The number of nitrogens with zero attached hydrogens (tertiary/aromatic N) is 2. The van der Waals surface area contributed by atoms with Crippen LogP contribution in [0.15, 0.2) is 41.8 Å². The maximum absolute atomic E-state index is 12.9. The zero-order chi connectivity index (χ0) is 20.4. The Morgan fingerprint density at radius 2 is 2.17 bits per heavy atom. The van der Waals surface area contributed by atoms with Gasteiger partial charge in [-0.2, -0.15) is 5.26 Å². The van der Waals surface area contributed by atoms with E-state index in [4.69, 9.17) is 4.74 Å². The molecule has 0 radical (unpaired) electrons. The predicted molar refractivity (Wildman–Crippen MR) is 111 cm³/mol. The number of nitriles is 1. The first-order chi connectivity index (χ1) is 14.0. The van der Waals surface area contributed by atoms with E-state index in [1.165, 1.54) is 0 Å². The summed E-state index contributed by atoms with van der Waals surface area (Å²) in [6.45, 7) is 1.19. The Labute approximate surface area is 175 Å². The summed E-state index contributed by atoms with van der Waals surface area (Å²) in [5.41, 5.74) is -0.331. The third kappa shape index (κ3) is 3.77. The van der Waals surface area contributed by atoms with Gasteiger partial charge in [0, 0.05) is 35.9 Å². The summed E-state index contributed by atoms with van der Waals surface area (Å²) in [6, 6.07) is 13.8. The van der Waals surface area contributed by atoms with Crippen LogP contribution in [-0.2, 0) is 16.8 Å². The van der Waals surface area contributed by atoms with Crippen LogP contribution in [0.1, 0.15) is 29.7 Å². The Morgan fingerprint density at radius 3 is 2.90 bits per heavy atom. The lowest BCUT2D eigenvalue weighted by Crippen LogP contribution is -2.46. The number of aliphatic hydroxyl groups is 1. The van der Waals surface area contributed by atoms with Gasteiger partial charge >= 0.3 is 0 Å². The molecule has 0 unspecified atom stereocenters. The molecule has 0 bridgehead atoms. The number of benzene rings is 1. The summed E-state index contributed by atoms with van der Waals surface area (Å²) in [5.74, 6) is 1.02. The topological polar surface area (TPSA) is 73.6 Å². The molecule has 1 aliphatic heterocycles. The molecule has 29 heavy (non-hydrogen) atoms. The van der Waals surface area contributed by atoms with Crippen molar-refractivity contribution in [1.29, 1.82) is 5.26 Å². The highest BCUT2D eigenvalue weighted by atomic mass is 32.1. The molecule has 2 fully saturated rings. The summed E-state index contributed by atoms with van der Waals surface area (Å²) in [5, 5.41) is 23.2. The molecule has 1 amide bonds. The largest absolute Gasteiger partial charge is 0.496 e. The van der Waals surface area contributed by atoms with Crippen LogP contribution in [0.5, 0.6) is 5.75 Å². The van der Waals surface area contributed by atoms with Crippen LogP contribution >= 0.6 is 11.3 Å². The van der Waals surface area contributed by atoms with Crippen molar-refractivity contribution >= 4 is 17.2 Å². The fourth-order valence-corrected chi connectivity index (χ4v) is 5.92. The number of fused-ring (bicyclic) bond motifs is 1. The standard InChI is InChI=1S/C23H26N2O3S/c1-28-21-7-3-2-6-19(21)23(27)13-16(8-9-24)11-17-14-25(15-20(17)23)22(26)12-18-5-4-10-29-18/h2-7,10,16-17,20,27H,8,11-15H2,1H3/t16-,17+,20-,23-/m1/s1. The zero-order valence-electron chi connectivity index (χ0n) is 16.6. The van der Waals surface area contributed by atoms with Gasteiger partial charge in [0.2, 0.25) is 5.91 Å². The first kappa shape index (κ1) is 19.9. The van der Waals surface area contributed by atoms with Crippen LogP contribution in [0.3, 0.4) is 0 Å². The molecular weight excluding hydrogens is 384 g/mol. The molecule has 0 spiro atoms. The zero-order valence-corrected chi connectivity index (χ0v) is 17.4. The van der Waals surface area contributed by atoms with Gasteiger partial charge in [-0.1, -0.05) is 24.3 Å². The molecular formula is C23H26N2O3S. The molecule has 1 saturated carbocycles. The highest BCUT2D eigenvalue weighted by Gasteiger charge is 2.53. The van der Waals surface area contributed by atoms with Crippen LogP contribution in [0.4, 0.5) is 0 Å². The second-order valence-corrected chi connectivity index (χ2v) is 9.25. The number of hydrogen-bond acceptors (Lipinski definition) is 5. The van der Waals surface area contributed by atoms with E-state index in [1.807, 2.05) is 46.7 Å². The molecule has 5 nitrogen and oxygen atoms in total. The SMILES string of the molecule is COc1ccccc1[C@]1(O)C[C@H](CC#N)C[C@H]2CN(C(=O)Cc3cccs3)C[C@H]21. The molecule has 4 rings (SSSR count). The minimum Gasteiger partial charge on any atom is -0.496 e. The molecule has 2 heterocycles. The first-order valence-electron chi connectivity index (χ1n) is 10.1. The van der Waals surface area contributed by atoms with Crippen LogP contribution in [-0.4, -0.2) is 36.1 Å². The lowest BCUT2D eigenvalue weighted by molar-refractivity contribution is -0.130. The smallest absolute Gasteiger partial charge is 0.227 e. The predicted octanol–water partition coefficient (Wildman–Crippen LogP) is 3.59. The molecule has 2 aliphatic rings. The molecule has 4 atom stereocenters. The molecule has 1 aromatic carbocycles. The average molecular weight is 411 g/mol. The van der Waals surface area contributed by atoms with E-state index in [9.17, 15) is 15.2 Å². The van der Waals surface area contributed by atoms with Crippen LogP contribution in [0, 0.1) is 29.1 Å². The van der Waals surface area contributed by atoms with E-state index < -0.39 is 5.60 Å². The van der Waals surface area contributed by atoms with Gasteiger partial charge in [0.1, 0.15) is 5.75 Å². The van der Waals surface area contributed by atoms with Gasteiger partial charge < -0.3 is 14.7 Å². The summed E-state index contributed by atoms with van der Waals surface area (Å²) < 4.78 is 5.55. The Balaban J connectivity index is 1.63. The van der Waals surface area contributed by atoms with Gasteiger partial charge in [0.25, 0.3) is 0 Å². The third-order valence-electron chi connectivity index (χ3n) is 6.50. The van der Waals surface area contributed by atoms with E-state index in [-0.39, 0.29) is 23.7 Å². The van der Waals surface area contributed by atoms with Gasteiger partial charge in [-0.05, 0) is 42.2 Å². The molecule has 1 aliphatic carbocycles. The van der Waals surface area contributed by atoms with Gasteiger partial charge in [-0.15, -0.1) is 11.3 Å². The van der Waals surface area contributed by atoms with E-state index in [2.05, 4.69) is 6.07 Å². The number of likely N-dealkylation sites (tertiary alicyclic amines) is 1. The van der Waals surface area contributed by atoms with E-state index in [0.29, 0.717) is 38.1 Å². The molecule has 6 heteroatoms. The van der Waals surface area contributed by atoms with Crippen molar-refractivity contribution in [2.75, 3.05) is 20.2 Å². The van der Waals surface area contributed by atoms with Crippen molar-refractivity contribution in [3.05, 3.63) is 52.2 Å².